The van der Waals surface area contributed by atoms with Crippen LogP contribution in [0.1, 0.15) is 42.5 Å². The van der Waals surface area contributed by atoms with E-state index >= 15 is 0 Å². The topological polar surface area (TPSA) is 49.7 Å². The summed E-state index contributed by atoms with van der Waals surface area (Å²) in [4.78, 5) is 26.0. The van der Waals surface area contributed by atoms with E-state index in [1.54, 1.807) is 0 Å². The maximum atomic E-state index is 13.2. The van der Waals surface area contributed by atoms with E-state index in [2.05, 4.69) is 62.3 Å². The van der Waals surface area contributed by atoms with Crippen LogP contribution in [0.25, 0.3) is 11.1 Å². The molecule has 1 aliphatic heterocycles. The third-order valence-corrected chi connectivity index (χ3v) is 6.15. The van der Waals surface area contributed by atoms with Crippen molar-refractivity contribution in [1.29, 1.82) is 0 Å². The Morgan fingerprint density at radius 1 is 1.00 bits per heavy atom. The van der Waals surface area contributed by atoms with Gasteiger partial charge in [-0.1, -0.05) is 79.2 Å². The van der Waals surface area contributed by atoms with Crippen LogP contribution >= 0.6 is 0 Å². The molecule has 31 heavy (non-hydrogen) atoms. The van der Waals surface area contributed by atoms with Crippen molar-refractivity contribution in [1.82, 2.24) is 0 Å². The first-order valence-electron chi connectivity index (χ1n) is 10.8. The Bertz CT molecular complexity index is 1100. The summed E-state index contributed by atoms with van der Waals surface area (Å²) in [5, 5.41) is 3.09. The summed E-state index contributed by atoms with van der Waals surface area (Å²) >= 11 is 0. The molecule has 0 bridgehead atoms. The van der Waals surface area contributed by atoms with E-state index in [0.29, 0.717) is 19.4 Å². The summed E-state index contributed by atoms with van der Waals surface area (Å²) < 4.78 is 0. The van der Waals surface area contributed by atoms with Gasteiger partial charge in [0.1, 0.15) is 0 Å². The number of rotatable bonds is 6. The Balaban J connectivity index is 1.87. The van der Waals surface area contributed by atoms with Crippen molar-refractivity contribution >= 4 is 11.6 Å². The van der Waals surface area contributed by atoms with Crippen LogP contribution in [0.2, 0.25) is 0 Å². The van der Waals surface area contributed by atoms with Crippen molar-refractivity contribution in [3.63, 3.8) is 0 Å². The number of carbonyl (C=O) groups is 1. The molecule has 1 aliphatic rings. The SMILES string of the molecule is Cc1ccc(-c2cc3c(cc2CCN=O)N(Cc2ccccc2)C(=O)CC3(C)C)cc1. The molecule has 0 saturated heterocycles. The van der Waals surface area contributed by atoms with Crippen molar-refractivity contribution in [3.05, 3.63) is 93.9 Å². The van der Waals surface area contributed by atoms with E-state index in [-0.39, 0.29) is 17.9 Å². The lowest BCUT2D eigenvalue weighted by Gasteiger charge is -2.39. The number of hydrogen-bond donors (Lipinski definition) is 0. The molecular formula is C27H28N2O2. The van der Waals surface area contributed by atoms with E-state index < -0.39 is 0 Å². The van der Waals surface area contributed by atoms with Crippen LogP contribution in [0.3, 0.4) is 0 Å². The fourth-order valence-corrected chi connectivity index (χ4v) is 4.41. The Labute approximate surface area is 183 Å². The fraction of sp³-hybridized carbons (Fsp3) is 0.296. The molecule has 1 heterocycles. The Hall–Kier alpha value is -3.27. The smallest absolute Gasteiger partial charge is 0.228 e. The minimum atomic E-state index is -0.263. The molecule has 0 spiro atoms. The van der Waals surface area contributed by atoms with Gasteiger partial charge >= 0.3 is 0 Å². The van der Waals surface area contributed by atoms with Gasteiger partial charge < -0.3 is 4.90 Å². The second kappa shape index (κ2) is 8.46. The van der Waals surface area contributed by atoms with Gasteiger partial charge in [-0.2, -0.15) is 4.91 Å². The van der Waals surface area contributed by atoms with Crippen LogP contribution in [-0.4, -0.2) is 12.5 Å². The lowest BCUT2D eigenvalue weighted by Crippen LogP contribution is -2.41. The first kappa shape index (κ1) is 21.0. The monoisotopic (exact) mass is 412 g/mol. The number of hydrogen-bond acceptors (Lipinski definition) is 3. The normalized spacial score (nSPS) is 14.9. The molecule has 4 nitrogen and oxygen atoms in total. The predicted molar refractivity (Wildman–Crippen MR) is 126 cm³/mol. The van der Waals surface area contributed by atoms with Crippen LogP contribution in [0.15, 0.2) is 71.9 Å². The third kappa shape index (κ3) is 4.29. The van der Waals surface area contributed by atoms with E-state index in [9.17, 15) is 9.70 Å². The number of carbonyl (C=O) groups excluding carboxylic acids is 1. The molecule has 0 saturated carbocycles. The molecule has 4 heteroatoms. The molecule has 0 atom stereocenters. The van der Waals surface area contributed by atoms with E-state index in [1.165, 1.54) is 11.1 Å². The van der Waals surface area contributed by atoms with Gasteiger partial charge in [-0.15, -0.1) is 0 Å². The first-order chi connectivity index (χ1) is 14.9. The van der Waals surface area contributed by atoms with Crippen LogP contribution in [0.4, 0.5) is 5.69 Å². The van der Waals surface area contributed by atoms with Gasteiger partial charge in [0.05, 0.1) is 13.1 Å². The summed E-state index contributed by atoms with van der Waals surface area (Å²) in [6.07, 6.45) is 1.02. The molecule has 3 aromatic rings. The number of anilines is 1. The number of nitroso groups, excluding NO2 is 1. The average molecular weight is 413 g/mol. The number of benzene rings is 3. The molecule has 0 unspecified atom stereocenters. The van der Waals surface area contributed by atoms with Gasteiger partial charge in [0.25, 0.3) is 0 Å². The van der Waals surface area contributed by atoms with Gasteiger partial charge in [0, 0.05) is 17.5 Å². The number of amides is 1. The fourth-order valence-electron chi connectivity index (χ4n) is 4.41. The van der Waals surface area contributed by atoms with Gasteiger partial charge in [-0.3, -0.25) is 4.79 Å². The molecule has 3 aromatic carbocycles. The third-order valence-electron chi connectivity index (χ3n) is 6.15. The summed E-state index contributed by atoms with van der Waals surface area (Å²) in [6.45, 7) is 7.10. The molecule has 158 valence electrons. The average Bonchev–Trinajstić information content (AvgIpc) is 2.76. The summed E-state index contributed by atoms with van der Waals surface area (Å²) in [7, 11) is 0. The van der Waals surface area contributed by atoms with Gasteiger partial charge in [-0.25, -0.2) is 0 Å². The standard InChI is InChI=1S/C27H28N2O2/c1-19-9-11-21(12-10-19)23-16-24-25(15-22(23)13-14-28-31)29(26(30)17-27(24,2)3)18-20-7-5-4-6-8-20/h4-12,15-16H,13-14,17-18H2,1-3H3. The maximum absolute atomic E-state index is 13.2. The second-order valence-corrected chi connectivity index (χ2v) is 9.02. The minimum absolute atomic E-state index is 0.129. The Morgan fingerprint density at radius 2 is 1.71 bits per heavy atom. The maximum Gasteiger partial charge on any atom is 0.228 e. The Morgan fingerprint density at radius 3 is 2.39 bits per heavy atom. The number of fused-ring (bicyclic) bond motifs is 1. The van der Waals surface area contributed by atoms with Crippen LogP contribution in [0, 0.1) is 11.8 Å². The quantitative estimate of drug-likeness (QED) is 0.454. The minimum Gasteiger partial charge on any atom is -0.308 e. The largest absolute Gasteiger partial charge is 0.308 e. The molecule has 0 aliphatic carbocycles. The zero-order chi connectivity index (χ0) is 22.0. The van der Waals surface area contributed by atoms with Crippen molar-refractivity contribution < 1.29 is 4.79 Å². The molecule has 4 rings (SSSR count). The highest BCUT2D eigenvalue weighted by Crippen LogP contribution is 2.44. The summed E-state index contributed by atoms with van der Waals surface area (Å²) in [5.41, 5.74) is 7.44. The molecule has 0 N–H and O–H groups in total. The molecule has 0 radical (unpaired) electrons. The Kier molecular flexibility index (Phi) is 5.73. The van der Waals surface area contributed by atoms with E-state index in [4.69, 9.17) is 0 Å². The van der Waals surface area contributed by atoms with Crippen LogP contribution in [0.5, 0.6) is 0 Å². The zero-order valence-electron chi connectivity index (χ0n) is 18.4. The molecule has 0 aromatic heterocycles. The molecule has 0 fully saturated rings. The van der Waals surface area contributed by atoms with Crippen molar-refractivity contribution in [2.75, 3.05) is 11.4 Å². The predicted octanol–water partition coefficient (Wildman–Crippen LogP) is 6.19. The highest BCUT2D eigenvalue weighted by molar-refractivity contribution is 5.98. The van der Waals surface area contributed by atoms with Gasteiger partial charge in [0.2, 0.25) is 5.91 Å². The van der Waals surface area contributed by atoms with Crippen LogP contribution < -0.4 is 4.90 Å². The van der Waals surface area contributed by atoms with E-state index in [1.807, 2.05) is 35.2 Å². The van der Waals surface area contributed by atoms with Crippen molar-refractivity contribution in [2.24, 2.45) is 5.18 Å². The highest BCUT2D eigenvalue weighted by atomic mass is 16.3. The lowest BCUT2D eigenvalue weighted by molar-refractivity contribution is -0.120. The number of aryl methyl sites for hydroxylation is 1. The molecule has 1 amide bonds. The number of nitrogens with zero attached hydrogens (tertiary/aromatic N) is 2. The summed E-state index contributed by atoms with van der Waals surface area (Å²) in [6, 6.07) is 22.9. The van der Waals surface area contributed by atoms with E-state index in [0.717, 1.165) is 27.9 Å². The highest BCUT2D eigenvalue weighted by Gasteiger charge is 2.37. The summed E-state index contributed by atoms with van der Waals surface area (Å²) in [5.74, 6) is 0.129. The van der Waals surface area contributed by atoms with Gasteiger partial charge in [-0.05, 0) is 53.3 Å². The van der Waals surface area contributed by atoms with Gasteiger partial charge in [0.15, 0.2) is 0 Å². The van der Waals surface area contributed by atoms with Crippen molar-refractivity contribution in [3.8, 4) is 11.1 Å². The second-order valence-electron chi connectivity index (χ2n) is 9.02. The zero-order valence-corrected chi connectivity index (χ0v) is 18.4. The lowest BCUT2D eigenvalue weighted by atomic mass is 9.75. The van der Waals surface area contributed by atoms with Crippen LogP contribution in [-0.2, 0) is 23.2 Å². The molecular weight excluding hydrogens is 384 g/mol. The van der Waals surface area contributed by atoms with Crippen molar-refractivity contribution in [2.45, 2.75) is 45.6 Å². The first-order valence-corrected chi connectivity index (χ1v) is 10.8.